The lowest BCUT2D eigenvalue weighted by atomic mass is 10.1. The molecule has 21 nitrogen and oxygen atoms in total. The van der Waals surface area contributed by atoms with E-state index in [1.807, 2.05) is 0 Å². The van der Waals surface area contributed by atoms with E-state index in [0.29, 0.717) is 0 Å². The second kappa shape index (κ2) is 13.5. The number of ether oxygens (including phenoxy) is 2. The number of H-pyrrole nitrogens is 2. The molecule has 50 heavy (non-hydrogen) atoms. The molecule has 0 spiro atoms. The minimum atomic E-state index is -4.89. The van der Waals surface area contributed by atoms with Crippen LogP contribution in [0, 0.1) is 22.7 Å². The number of aromatic nitrogens is 8. The number of alkyl halides is 2. The highest BCUT2D eigenvalue weighted by molar-refractivity contribution is 7.54. The predicted molar refractivity (Wildman–Crippen MR) is 157 cm³/mol. The van der Waals surface area contributed by atoms with E-state index in [4.69, 9.17) is 37.4 Å². The summed E-state index contributed by atoms with van der Waals surface area (Å²) in [6.07, 6.45) is -8.96. The molecule has 0 radical (unpaired) electrons. The van der Waals surface area contributed by atoms with Crippen molar-refractivity contribution in [2.24, 2.45) is 0 Å². The van der Waals surface area contributed by atoms with Gasteiger partial charge in [-0.05, 0) is 0 Å². The average Bonchev–Trinajstić information content (AvgIpc) is 3.87. The molecule has 3 aliphatic heterocycles. The van der Waals surface area contributed by atoms with Crippen molar-refractivity contribution in [1.29, 1.82) is 10.5 Å². The van der Waals surface area contributed by atoms with Crippen LogP contribution < -0.4 is 11.1 Å². The highest BCUT2D eigenvalue weighted by Crippen LogP contribution is 2.63. The molecule has 25 heteroatoms. The van der Waals surface area contributed by atoms with Crippen molar-refractivity contribution in [2.45, 2.75) is 55.2 Å². The number of nitriles is 2. The normalized spacial score (nSPS) is 34.5. The first-order valence-electron chi connectivity index (χ1n) is 14.7. The summed E-state index contributed by atoms with van der Waals surface area (Å²) in [5, 5.41) is 18.3. The van der Waals surface area contributed by atoms with Gasteiger partial charge in [-0.1, -0.05) is 0 Å². The molecule has 0 bridgehead atoms. The maximum atomic E-state index is 16.6. The van der Waals surface area contributed by atoms with Gasteiger partial charge in [0.1, 0.15) is 30.6 Å². The summed E-state index contributed by atoms with van der Waals surface area (Å²) in [6.45, 7) is -3.09. The summed E-state index contributed by atoms with van der Waals surface area (Å²) in [5.74, 6) is 0. The largest absolute Gasteiger partial charge is 0.475 e. The molecule has 3 fully saturated rings. The smallest absolute Gasteiger partial charge is 0.348 e. The van der Waals surface area contributed by atoms with Crippen molar-refractivity contribution >= 4 is 37.7 Å². The van der Waals surface area contributed by atoms with Crippen LogP contribution in [0.3, 0.4) is 0 Å². The van der Waals surface area contributed by atoms with Crippen LogP contribution in [0.1, 0.15) is 18.9 Å². The van der Waals surface area contributed by atoms with Gasteiger partial charge in [0, 0.05) is 0 Å². The third-order valence-electron chi connectivity index (χ3n) is 8.04. The van der Waals surface area contributed by atoms with Gasteiger partial charge in [0.2, 0.25) is 0 Å². The Bertz CT molecular complexity index is 2220. The maximum absolute atomic E-state index is 16.6. The number of hydrogen-bond acceptors (Lipinski definition) is 17. The number of aromatic amines is 2. The molecule has 4 aromatic heterocycles. The lowest BCUT2D eigenvalue weighted by molar-refractivity contribution is -0.0484. The number of rotatable bonds is 7. The zero-order chi connectivity index (χ0) is 35.2. The molecular weight excluding hydrogens is 716 g/mol. The van der Waals surface area contributed by atoms with Gasteiger partial charge >= 0.3 is 15.4 Å². The quantitative estimate of drug-likeness (QED) is 0.199. The highest BCUT2D eigenvalue weighted by atomic mass is 31.2. The molecular formula is C25H24F2N10O11P2. The van der Waals surface area contributed by atoms with Gasteiger partial charge in [0.15, 0.2) is 47.1 Å². The van der Waals surface area contributed by atoms with Crippen molar-refractivity contribution in [3.63, 3.8) is 0 Å². The molecule has 0 aromatic carbocycles. The molecule has 4 aromatic rings. The third kappa shape index (κ3) is 5.96. The van der Waals surface area contributed by atoms with Crippen LogP contribution in [0.15, 0.2) is 34.9 Å². The fourth-order valence-corrected chi connectivity index (χ4v) is 9.30. The fraction of sp³-hybridized carbons (Fsp3) is 0.520. The van der Waals surface area contributed by atoms with Gasteiger partial charge in [0.05, 0.1) is 63.7 Å². The molecule has 0 aliphatic carbocycles. The van der Waals surface area contributed by atoms with Gasteiger partial charge < -0.3 is 24.0 Å². The summed E-state index contributed by atoms with van der Waals surface area (Å²) in [4.78, 5) is 45.1. The number of halogens is 2. The summed E-state index contributed by atoms with van der Waals surface area (Å²) in [6, 6.07) is 3.42. The first-order valence-corrected chi connectivity index (χ1v) is 17.7. The maximum Gasteiger partial charge on any atom is 0.475 e. The third-order valence-corrected chi connectivity index (χ3v) is 11.9. The zero-order valence-electron chi connectivity index (χ0n) is 25.2. The molecule has 6 unspecified atom stereocenters. The minimum Gasteiger partial charge on any atom is -0.348 e. The van der Waals surface area contributed by atoms with Crippen LogP contribution in [-0.2, 0) is 41.2 Å². The van der Waals surface area contributed by atoms with E-state index in [0.717, 1.165) is 34.4 Å². The fourth-order valence-electron chi connectivity index (χ4n) is 5.84. The van der Waals surface area contributed by atoms with Crippen molar-refractivity contribution in [2.75, 3.05) is 26.4 Å². The van der Waals surface area contributed by atoms with E-state index < -0.39 is 102 Å². The summed E-state index contributed by atoms with van der Waals surface area (Å²) in [5.41, 5.74) is -3.66. The molecule has 0 amide bonds. The van der Waals surface area contributed by atoms with E-state index >= 15 is 8.78 Å². The Hall–Kier alpha value is -4.28. The van der Waals surface area contributed by atoms with Crippen molar-refractivity contribution < 1.29 is 50.0 Å². The van der Waals surface area contributed by atoms with E-state index in [1.165, 1.54) is 0 Å². The molecule has 0 saturated carbocycles. The van der Waals surface area contributed by atoms with Crippen molar-refractivity contribution in [1.82, 2.24) is 39.0 Å². The lowest BCUT2D eigenvalue weighted by Gasteiger charge is -2.27. The van der Waals surface area contributed by atoms with E-state index in [2.05, 4.69) is 29.9 Å². The Morgan fingerprint density at radius 3 is 2.08 bits per heavy atom. The van der Waals surface area contributed by atoms with Crippen LogP contribution in [0.2, 0.25) is 0 Å². The average molecular weight is 740 g/mol. The van der Waals surface area contributed by atoms with Crippen LogP contribution in [0.25, 0.3) is 22.3 Å². The Morgan fingerprint density at radius 1 is 0.860 bits per heavy atom. The van der Waals surface area contributed by atoms with Gasteiger partial charge in [-0.25, -0.2) is 33.3 Å². The molecule has 264 valence electrons. The van der Waals surface area contributed by atoms with E-state index in [9.17, 15) is 24.0 Å². The molecule has 2 N–H and O–H groups in total. The van der Waals surface area contributed by atoms with E-state index in [1.54, 1.807) is 12.1 Å². The second-order valence-corrected chi connectivity index (χ2v) is 14.8. The summed E-state index contributed by atoms with van der Waals surface area (Å²) < 4.78 is 103. The van der Waals surface area contributed by atoms with Gasteiger partial charge in [-0.15, -0.1) is 0 Å². The van der Waals surface area contributed by atoms with Gasteiger partial charge in [-0.3, -0.25) is 41.4 Å². The van der Waals surface area contributed by atoms with Crippen molar-refractivity contribution in [3.05, 3.63) is 46.0 Å². The summed E-state index contributed by atoms with van der Waals surface area (Å²) in [7, 11) is -9.72. The highest BCUT2D eigenvalue weighted by Gasteiger charge is 2.60. The number of hydrogen-bond donors (Lipinski definition) is 2. The summed E-state index contributed by atoms with van der Waals surface area (Å²) >= 11 is 0. The molecule has 3 saturated heterocycles. The van der Waals surface area contributed by atoms with Gasteiger partial charge in [-0.2, -0.15) is 10.5 Å². The molecule has 7 heterocycles. The Balaban J connectivity index is 1.27. The monoisotopic (exact) mass is 740 g/mol. The van der Waals surface area contributed by atoms with Gasteiger partial charge in [0.25, 0.3) is 11.1 Å². The number of imidazole rings is 2. The van der Waals surface area contributed by atoms with Crippen LogP contribution >= 0.6 is 15.4 Å². The van der Waals surface area contributed by atoms with Crippen LogP contribution in [0.4, 0.5) is 8.78 Å². The molecule has 3 aliphatic rings. The molecule has 7 rings (SSSR count). The first kappa shape index (κ1) is 34.2. The zero-order valence-corrected chi connectivity index (χ0v) is 27.0. The van der Waals surface area contributed by atoms with Crippen LogP contribution in [-0.4, -0.2) is 102 Å². The minimum absolute atomic E-state index is 0.0867. The predicted octanol–water partition coefficient (Wildman–Crippen LogP) is 1.30. The Kier molecular flexibility index (Phi) is 9.19. The number of nitrogens with zero attached hydrogens (tertiary/aromatic N) is 8. The first-order chi connectivity index (χ1) is 24.1. The standard InChI is InChI=1S/C25H24F2N10O11P2/c26-14-18-12(46-24(14)36-10-34-16-20(36)30-8-32-22(16)38)6-44-49(40,42-5-3-29)19-13(7-45-50(41,48-18)43-4-1-2-28)47-25(15(19)27)37-11-35-17-21(37)31-9-33-23(17)39/h8-15,18-19,24-25H,1,4-7H2,(H,30,32,38)(H,31,33,39)/t12?,13?,14-,15-,18-,19-,24?,25?,49?,50?/m1/s1. The number of phosphoric acid groups is 1. The van der Waals surface area contributed by atoms with Crippen LogP contribution in [0.5, 0.6) is 0 Å². The Labute approximate surface area is 277 Å². The second-order valence-electron chi connectivity index (χ2n) is 10.9. The Morgan fingerprint density at radius 2 is 1.46 bits per heavy atom. The molecule has 10 atom stereocenters. The number of fused-ring (bicyclic) bond motifs is 4. The van der Waals surface area contributed by atoms with E-state index in [-0.39, 0.29) is 28.7 Å². The topological polar surface area (TPSA) is 273 Å². The number of nitrogens with one attached hydrogen (secondary N) is 2. The number of phosphoric ester groups is 1. The van der Waals surface area contributed by atoms with Crippen molar-refractivity contribution in [3.8, 4) is 12.1 Å². The lowest BCUT2D eigenvalue weighted by Crippen LogP contribution is -2.35. The SMILES string of the molecule is N#CCCOP1(=O)OCC2OC(n3cnc4c(=O)[nH]cnc43)[C@H](F)[C@@H]2P(=O)(OCC#N)OCC2OC(n3cnc4c(=O)[nH]cnc43)[C@H](F)[C@@H]2O1.